The van der Waals surface area contributed by atoms with Crippen molar-refractivity contribution in [3.05, 3.63) is 52.1 Å². The molecule has 44 heavy (non-hydrogen) atoms. The molecule has 2 aromatic rings. The van der Waals surface area contributed by atoms with Crippen molar-refractivity contribution < 1.29 is 12.6 Å². The molecular formula is C39H52O3S2. The van der Waals surface area contributed by atoms with Crippen molar-refractivity contribution in [2.24, 2.45) is 35.5 Å². The SMILES string of the molecule is CC(C)c1cc(OS(=O)(=O)c2c(C3CC4CCC3C4)cc(C3CC4CCC3C4)cc2C2CC3CCC2C3)cc(C(C)C)c1S. The molecule has 2 aromatic carbocycles. The second-order valence-corrected chi connectivity index (χ2v) is 18.6. The molecule has 238 valence electrons. The Morgan fingerprint density at radius 3 is 1.43 bits per heavy atom. The van der Waals surface area contributed by atoms with Crippen LogP contribution in [0.15, 0.2) is 34.1 Å². The first-order chi connectivity index (χ1) is 21.1. The molecule has 6 bridgehead atoms. The monoisotopic (exact) mass is 632 g/mol. The largest absolute Gasteiger partial charge is 0.379 e. The van der Waals surface area contributed by atoms with Crippen molar-refractivity contribution in [3.8, 4) is 5.75 Å². The Kier molecular flexibility index (Phi) is 7.52. The van der Waals surface area contributed by atoms with Gasteiger partial charge in [-0.05, 0) is 163 Å². The summed E-state index contributed by atoms with van der Waals surface area (Å²) in [5.74, 6) is 6.57. The Bertz CT molecular complexity index is 1480. The van der Waals surface area contributed by atoms with E-state index in [1.807, 2.05) is 12.1 Å². The first kappa shape index (κ1) is 29.9. The van der Waals surface area contributed by atoms with E-state index in [0.29, 0.717) is 40.2 Å². The third-order valence-corrected chi connectivity index (χ3v) is 15.4. The van der Waals surface area contributed by atoms with E-state index in [9.17, 15) is 8.42 Å². The van der Waals surface area contributed by atoms with Crippen LogP contribution in [0.1, 0.15) is 162 Å². The average Bonchev–Trinajstić information content (AvgIpc) is 3.85. The Balaban J connectivity index is 1.29. The second-order valence-electron chi connectivity index (χ2n) is 16.7. The van der Waals surface area contributed by atoms with Gasteiger partial charge in [0.15, 0.2) is 0 Å². The first-order valence-corrected chi connectivity index (χ1v) is 19.9. The molecule has 0 N–H and O–H groups in total. The van der Waals surface area contributed by atoms with E-state index in [1.54, 1.807) is 0 Å². The van der Waals surface area contributed by atoms with Crippen LogP contribution in [0.5, 0.6) is 5.75 Å². The van der Waals surface area contributed by atoms with E-state index in [1.165, 1.54) is 69.8 Å². The topological polar surface area (TPSA) is 43.4 Å². The first-order valence-electron chi connectivity index (χ1n) is 18.0. The molecule has 0 amide bonds. The molecule has 9 unspecified atom stereocenters. The van der Waals surface area contributed by atoms with Gasteiger partial charge in [0.25, 0.3) is 0 Å². The molecule has 3 nitrogen and oxygen atoms in total. The van der Waals surface area contributed by atoms with Crippen LogP contribution in [0, 0.1) is 35.5 Å². The van der Waals surface area contributed by atoms with Gasteiger partial charge in [-0.3, -0.25) is 0 Å². The van der Waals surface area contributed by atoms with Gasteiger partial charge in [-0.25, -0.2) is 0 Å². The van der Waals surface area contributed by atoms with Crippen LogP contribution in [0.2, 0.25) is 0 Å². The molecule has 0 spiro atoms. The third kappa shape index (κ3) is 5.00. The van der Waals surface area contributed by atoms with Crippen LogP contribution in [0.3, 0.4) is 0 Å². The molecule has 6 aliphatic carbocycles. The van der Waals surface area contributed by atoms with Gasteiger partial charge >= 0.3 is 10.1 Å². The molecule has 9 atom stereocenters. The van der Waals surface area contributed by atoms with Crippen LogP contribution in [0.4, 0.5) is 0 Å². The van der Waals surface area contributed by atoms with Crippen molar-refractivity contribution in [2.45, 2.75) is 144 Å². The van der Waals surface area contributed by atoms with E-state index in [-0.39, 0.29) is 11.8 Å². The fraction of sp³-hybridized carbons (Fsp3) is 0.692. The molecule has 6 aliphatic rings. The Morgan fingerprint density at radius 2 is 1.07 bits per heavy atom. The van der Waals surface area contributed by atoms with Crippen molar-refractivity contribution >= 4 is 22.7 Å². The third-order valence-electron chi connectivity index (χ3n) is 13.5. The van der Waals surface area contributed by atoms with Crippen LogP contribution >= 0.6 is 12.6 Å². The van der Waals surface area contributed by atoms with Crippen molar-refractivity contribution in [2.75, 3.05) is 0 Å². The predicted molar refractivity (Wildman–Crippen MR) is 181 cm³/mol. The molecule has 0 radical (unpaired) electrons. The highest BCUT2D eigenvalue weighted by Crippen LogP contribution is 2.60. The van der Waals surface area contributed by atoms with Gasteiger partial charge in [-0.2, -0.15) is 8.42 Å². The molecule has 8 rings (SSSR count). The second kappa shape index (κ2) is 11.1. The van der Waals surface area contributed by atoms with Crippen molar-refractivity contribution in [1.82, 2.24) is 0 Å². The fourth-order valence-corrected chi connectivity index (χ4v) is 13.5. The molecule has 0 aliphatic heterocycles. The maximum Gasteiger partial charge on any atom is 0.339 e. The van der Waals surface area contributed by atoms with E-state index < -0.39 is 10.1 Å². The van der Waals surface area contributed by atoms with Gasteiger partial charge in [-0.15, -0.1) is 12.6 Å². The zero-order valence-electron chi connectivity index (χ0n) is 27.2. The highest BCUT2D eigenvalue weighted by Gasteiger charge is 2.48. The quantitative estimate of drug-likeness (QED) is 0.233. The highest BCUT2D eigenvalue weighted by atomic mass is 32.2. The number of hydrogen-bond acceptors (Lipinski definition) is 4. The molecular weight excluding hydrogens is 581 g/mol. The summed E-state index contributed by atoms with van der Waals surface area (Å²) in [5, 5.41) is 0. The number of hydrogen-bond donors (Lipinski definition) is 1. The number of benzene rings is 2. The molecule has 0 saturated heterocycles. The minimum atomic E-state index is -4.06. The van der Waals surface area contributed by atoms with Crippen molar-refractivity contribution in [1.29, 1.82) is 0 Å². The predicted octanol–water partition coefficient (Wildman–Crippen LogP) is 10.7. The maximum atomic E-state index is 14.9. The lowest BCUT2D eigenvalue weighted by atomic mass is 9.75. The average molecular weight is 633 g/mol. The number of fused-ring (bicyclic) bond motifs is 6. The maximum absolute atomic E-state index is 14.9. The fourth-order valence-electron chi connectivity index (χ4n) is 11.4. The molecule has 5 heteroatoms. The molecule has 6 saturated carbocycles. The Labute approximate surface area is 271 Å². The highest BCUT2D eigenvalue weighted by molar-refractivity contribution is 7.87. The van der Waals surface area contributed by atoms with Gasteiger partial charge in [0.1, 0.15) is 10.6 Å². The molecule has 0 heterocycles. The zero-order chi connectivity index (χ0) is 30.5. The van der Waals surface area contributed by atoms with Gasteiger partial charge in [0.05, 0.1) is 0 Å². The minimum Gasteiger partial charge on any atom is -0.379 e. The smallest absolute Gasteiger partial charge is 0.339 e. The van der Waals surface area contributed by atoms with E-state index in [2.05, 4.69) is 39.8 Å². The van der Waals surface area contributed by atoms with Gasteiger partial charge in [0.2, 0.25) is 0 Å². The lowest BCUT2D eigenvalue weighted by Gasteiger charge is -2.32. The molecule has 6 fully saturated rings. The summed E-state index contributed by atoms with van der Waals surface area (Å²) in [5.41, 5.74) is 5.84. The Hall–Kier alpha value is -1.46. The van der Waals surface area contributed by atoms with Crippen LogP contribution in [-0.2, 0) is 10.1 Å². The molecule has 0 aromatic heterocycles. The van der Waals surface area contributed by atoms with Crippen LogP contribution < -0.4 is 4.18 Å². The number of rotatable bonds is 8. The summed E-state index contributed by atoms with van der Waals surface area (Å²) in [6.07, 6.45) is 15.4. The summed E-state index contributed by atoms with van der Waals surface area (Å²) >= 11 is 4.89. The Morgan fingerprint density at radius 1 is 0.636 bits per heavy atom. The van der Waals surface area contributed by atoms with Crippen LogP contribution in [0.25, 0.3) is 0 Å². The summed E-state index contributed by atoms with van der Waals surface area (Å²) in [6, 6.07) is 8.71. The lowest BCUT2D eigenvalue weighted by molar-refractivity contribution is 0.392. The standard InChI is InChI=1S/C39H52O3S2/c1-21(2)31-19-30(20-32(22(3)4)38(31)43)42-44(40,41)39-36(34-15-24-6-9-27(34)12-24)17-29(33-14-23-5-8-26(33)11-23)18-37(39)35-16-25-7-10-28(35)13-25/h17-28,33-35,43H,5-16H2,1-4H3. The summed E-state index contributed by atoms with van der Waals surface area (Å²) in [7, 11) is -4.06. The van der Waals surface area contributed by atoms with Crippen LogP contribution in [-0.4, -0.2) is 8.42 Å². The summed E-state index contributed by atoms with van der Waals surface area (Å²) in [4.78, 5) is 1.53. The number of thiol groups is 1. The van der Waals surface area contributed by atoms with Crippen molar-refractivity contribution in [3.63, 3.8) is 0 Å². The minimum absolute atomic E-state index is 0.224. The van der Waals surface area contributed by atoms with E-state index in [4.69, 9.17) is 16.8 Å². The summed E-state index contributed by atoms with van der Waals surface area (Å²) in [6.45, 7) is 8.58. The van der Waals surface area contributed by atoms with Gasteiger partial charge in [0, 0.05) is 4.90 Å². The van der Waals surface area contributed by atoms with E-state index in [0.717, 1.165) is 63.7 Å². The van der Waals surface area contributed by atoms with E-state index >= 15 is 0 Å². The van der Waals surface area contributed by atoms with Gasteiger partial charge < -0.3 is 4.18 Å². The zero-order valence-corrected chi connectivity index (χ0v) is 28.9. The lowest BCUT2D eigenvalue weighted by Crippen LogP contribution is -2.23. The normalized spacial score (nSPS) is 35.6. The van der Waals surface area contributed by atoms with Gasteiger partial charge in [-0.1, -0.05) is 59.1 Å². The summed E-state index contributed by atoms with van der Waals surface area (Å²) < 4.78 is 36.2.